The Balaban J connectivity index is 2.75. The number of amides is 1. The van der Waals surface area contributed by atoms with Gasteiger partial charge in [-0.05, 0) is 5.56 Å². The number of nitrogens with two attached hydrogens (primary N) is 2. The molecule has 1 unspecified atom stereocenters. The van der Waals surface area contributed by atoms with Crippen molar-refractivity contribution in [3.8, 4) is 0 Å². The van der Waals surface area contributed by atoms with Crippen LogP contribution in [0.2, 0.25) is 0 Å². The van der Waals surface area contributed by atoms with Crippen LogP contribution in [0.4, 0.5) is 0 Å². The van der Waals surface area contributed by atoms with Crippen molar-refractivity contribution in [1.29, 1.82) is 0 Å². The van der Waals surface area contributed by atoms with Crippen LogP contribution in [0.1, 0.15) is 17.2 Å². The zero-order valence-corrected chi connectivity index (χ0v) is 10.1. The zero-order valence-electron chi connectivity index (χ0n) is 9.24. The topological polar surface area (TPSA) is 102 Å². The molecule has 0 aliphatic carbocycles. The van der Waals surface area contributed by atoms with Crippen LogP contribution in [0.5, 0.6) is 0 Å². The van der Waals surface area contributed by atoms with E-state index >= 15 is 0 Å². The molecular formula is C11H15N3O2S. The smallest absolute Gasteiger partial charge is 0.227 e. The second-order valence-electron chi connectivity index (χ2n) is 3.47. The molecule has 0 saturated carbocycles. The summed E-state index contributed by atoms with van der Waals surface area (Å²) < 4.78 is 0. The van der Waals surface area contributed by atoms with Crippen molar-refractivity contribution in [3.63, 3.8) is 0 Å². The van der Waals surface area contributed by atoms with Crippen molar-refractivity contribution in [1.82, 2.24) is 0 Å². The Morgan fingerprint density at radius 3 is 2.53 bits per heavy atom. The number of nitrogens with zero attached hydrogens (tertiary/aromatic N) is 1. The summed E-state index contributed by atoms with van der Waals surface area (Å²) in [6.07, 6.45) is 0.373. The lowest BCUT2D eigenvalue weighted by atomic mass is 10.1. The highest BCUT2D eigenvalue weighted by atomic mass is 32.2. The fraction of sp³-hybridized carbons (Fsp3) is 0.273. The fourth-order valence-corrected chi connectivity index (χ4v) is 2.36. The van der Waals surface area contributed by atoms with Crippen LogP contribution in [0.25, 0.3) is 0 Å². The summed E-state index contributed by atoms with van der Waals surface area (Å²) >= 11 is 1.38. The Hall–Kier alpha value is -1.69. The van der Waals surface area contributed by atoms with Gasteiger partial charge in [-0.3, -0.25) is 4.79 Å². The number of rotatable bonds is 6. The molecule has 1 aromatic carbocycles. The molecule has 0 fully saturated rings. The van der Waals surface area contributed by atoms with Crippen LogP contribution in [0, 0.1) is 0 Å². The van der Waals surface area contributed by atoms with E-state index in [1.54, 1.807) is 0 Å². The van der Waals surface area contributed by atoms with Crippen molar-refractivity contribution in [2.75, 3.05) is 5.75 Å². The molecule has 0 saturated heterocycles. The van der Waals surface area contributed by atoms with Crippen LogP contribution in [0.3, 0.4) is 0 Å². The highest BCUT2D eigenvalue weighted by Crippen LogP contribution is 2.31. The minimum absolute atomic E-state index is 0.0420. The molecule has 0 radical (unpaired) electrons. The highest BCUT2D eigenvalue weighted by molar-refractivity contribution is 8.00. The highest BCUT2D eigenvalue weighted by Gasteiger charge is 2.15. The van der Waals surface area contributed by atoms with Crippen molar-refractivity contribution >= 4 is 23.5 Å². The molecule has 1 amide bonds. The predicted molar refractivity (Wildman–Crippen MR) is 68.9 cm³/mol. The first kappa shape index (κ1) is 13.4. The van der Waals surface area contributed by atoms with Crippen LogP contribution >= 0.6 is 11.8 Å². The lowest BCUT2D eigenvalue weighted by Gasteiger charge is -2.15. The number of primary amides is 1. The number of thioether (sulfide) groups is 1. The van der Waals surface area contributed by atoms with Gasteiger partial charge in [-0.2, -0.15) is 0 Å². The van der Waals surface area contributed by atoms with E-state index in [1.165, 1.54) is 11.8 Å². The van der Waals surface area contributed by atoms with E-state index in [0.717, 1.165) is 5.56 Å². The summed E-state index contributed by atoms with van der Waals surface area (Å²) in [6.45, 7) is 0. The Bertz CT molecular complexity index is 395. The number of carbonyl (C=O) groups is 1. The lowest BCUT2D eigenvalue weighted by molar-refractivity contribution is -0.115. The molecule has 17 heavy (non-hydrogen) atoms. The van der Waals surface area contributed by atoms with E-state index in [2.05, 4.69) is 5.16 Å². The summed E-state index contributed by atoms with van der Waals surface area (Å²) in [6, 6.07) is 9.58. The molecule has 5 N–H and O–H groups in total. The molecule has 0 aliphatic heterocycles. The van der Waals surface area contributed by atoms with Gasteiger partial charge in [0.25, 0.3) is 0 Å². The third kappa shape index (κ3) is 4.78. The third-order valence-electron chi connectivity index (χ3n) is 2.12. The number of benzene rings is 1. The quantitative estimate of drug-likeness (QED) is 0.305. The first-order valence-corrected chi connectivity index (χ1v) is 6.09. The number of amidine groups is 1. The number of oxime groups is 1. The molecule has 0 heterocycles. The van der Waals surface area contributed by atoms with Crippen LogP contribution in [-0.4, -0.2) is 22.7 Å². The van der Waals surface area contributed by atoms with E-state index in [9.17, 15) is 4.79 Å². The number of carbonyl (C=O) groups excluding carboxylic acids is 1. The van der Waals surface area contributed by atoms with Gasteiger partial charge < -0.3 is 16.7 Å². The first-order valence-electron chi connectivity index (χ1n) is 5.04. The van der Waals surface area contributed by atoms with Crippen LogP contribution < -0.4 is 11.5 Å². The Morgan fingerprint density at radius 2 is 2.00 bits per heavy atom. The average molecular weight is 253 g/mol. The Morgan fingerprint density at radius 1 is 1.35 bits per heavy atom. The number of hydrogen-bond acceptors (Lipinski definition) is 4. The van der Waals surface area contributed by atoms with Crippen LogP contribution in [-0.2, 0) is 4.79 Å². The summed E-state index contributed by atoms with van der Waals surface area (Å²) in [7, 11) is 0. The maximum Gasteiger partial charge on any atom is 0.227 e. The Kier molecular flexibility index (Phi) is 5.35. The van der Waals surface area contributed by atoms with E-state index < -0.39 is 0 Å². The monoisotopic (exact) mass is 253 g/mol. The van der Waals surface area contributed by atoms with Gasteiger partial charge in [0.2, 0.25) is 5.91 Å². The van der Waals surface area contributed by atoms with E-state index in [4.69, 9.17) is 16.7 Å². The second kappa shape index (κ2) is 6.80. The molecule has 6 heteroatoms. The number of hydrogen-bond donors (Lipinski definition) is 3. The molecule has 0 aliphatic rings. The van der Waals surface area contributed by atoms with Crippen molar-refractivity contribution in [2.24, 2.45) is 16.6 Å². The van der Waals surface area contributed by atoms with Gasteiger partial charge in [-0.25, -0.2) is 0 Å². The Labute approximate surface area is 104 Å². The molecule has 0 aromatic heterocycles. The van der Waals surface area contributed by atoms with Crippen molar-refractivity contribution in [2.45, 2.75) is 11.7 Å². The predicted octanol–water partition coefficient (Wildman–Crippen LogP) is 1.08. The van der Waals surface area contributed by atoms with Gasteiger partial charge in [0, 0.05) is 11.7 Å². The molecule has 0 bridgehead atoms. The molecule has 1 rings (SSSR count). The van der Waals surface area contributed by atoms with Gasteiger partial charge in [-0.15, -0.1) is 11.8 Å². The largest absolute Gasteiger partial charge is 0.409 e. The molecule has 92 valence electrons. The third-order valence-corrected chi connectivity index (χ3v) is 3.41. The standard InChI is InChI=1S/C11H15N3O2S/c12-10(14-16)6-9(17-7-11(13)15)8-4-2-1-3-5-8/h1-5,9,16H,6-7H2,(H2,12,14)(H2,13,15). The first-order chi connectivity index (χ1) is 8.13. The van der Waals surface area contributed by atoms with Gasteiger partial charge in [-0.1, -0.05) is 35.5 Å². The summed E-state index contributed by atoms with van der Waals surface area (Å²) in [5, 5.41) is 11.5. The van der Waals surface area contributed by atoms with E-state index in [0.29, 0.717) is 6.42 Å². The minimum atomic E-state index is -0.379. The molecule has 1 aromatic rings. The summed E-state index contributed by atoms with van der Waals surface area (Å²) in [5.41, 5.74) is 11.6. The van der Waals surface area contributed by atoms with Gasteiger partial charge in [0.1, 0.15) is 5.84 Å². The van der Waals surface area contributed by atoms with E-state index in [1.807, 2.05) is 30.3 Å². The van der Waals surface area contributed by atoms with Gasteiger partial charge in [0.15, 0.2) is 0 Å². The van der Waals surface area contributed by atoms with Gasteiger partial charge >= 0.3 is 0 Å². The molecule has 1 atom stereocenters. The molecular weight excluding hydrogens is 238 g/mol. The minimum Gasteiger partial charge on any atom is -0.409 e. The maximum absolute atomic E-state index is 10.8. The van der Waals surface area contributed by atoms with Crippen molar-refractivity contribution in [3.05, 3.63) is 35.9 Å². The zero-order chi connectivity index (χ0) is 12.7. The summed E-state index contributed by atoms with van der Waals surface area (Å²) in [4.78, 5) is 10.8. The van der Waals surface area contributed by atoms with Gasteiger partial charge in [0.05, 0.1) is 5.75 Å². The second-order valence-corrected chi connectivity index (χ2v) is 4.66. The van der Waals surface area contributed by atoms with Crippen molar-refractivity contribution < 1.29 is 10.0 Å². The lowest BCUT2D eigenvalue weighted by Crippen LogP contribution is -2.18. The maximum atomic E-state index is 10.8. The van der Waals surface area contributed by atoms with Crippen LogP contribution in [0.15, 0.2) is 35.5 Å². The van der Waals surface area contributed by atoms with E-state index in [-0.39, 0.29) is 22.7 Å². The summed E-state index contributed by atoms with van der Waals surface area (Å²) in [5.74, 6) is -0.0376. The molecule has 0 spiro atoms. The normalized spacial score (nSPS) is 13.3. The fourth-order valence-electron chi connectivity index (χ4n) is 1.35. The average Bonchev–Trinajstić information content (AvgIpc) is 2.35. The molecule has 5 nitrogen and oxygen atoms in total. The SMILES string of the molecule is NC(=O)CSC(C/C(N)=N/O)c1ccccc1.